The summed E-state index contributed by atoms with van der Waals surface area (Å²) in [4.78, 5) is 4.54. The second-order valence-corrected chi connectivity index (χ2v) is 3.67. The average Bonchev–Trinajstić information content (AvgIpc) is 2.11. The molecule has 1 aromatic heterocycles. The van der Waals surface area contributed by atoms with Gasteiger partial charge < -0.3 is 0 Å². The molecule has 0 spiro atoms. The first-order valence-electron chi connectivity index (χ1n) is 5.17. The third-order valence-electron chi connectivity index (χ3n) is 2.36. The van der Waals surface area contributed by atoms with Gasteiger partial charge in [-0.25, -0.2) is 0 Å². The molecule has 1 rings (SSSR count). The maximum Gasteiger partial charge on any atom is 0.163 e. The Bertz CT molecular complexity index is 271. The third kappa shape index (κ3) is 3.21. The van der Waals surface area contributed by atoms with Gasteiger partial charge in [0.05, 0.1) is 0 Å². The van der Waals surface area contributed by atoms with Crippen LogP contribution in [0.5, 0.6) is 0 Å². The molecule has 0 fully saturated rings. The van der Waals surface area contributed by atoms with Crippen LogP contribution in [0.4, 0.5) is 0 Å². The number of rotatable bonds is 4. The van der Waals surface area contributed by atoms with Crippen LogP contribution in [0.2, 0.25) is 0 Å². The molecule has 0 amide bonds. The van der Waals surface area contributed by atoms with Gasteiger partial charge in [0, 0.05) is 5.69 Å². The molecule has 1 nitrogen and oxygen atoms in total. The highest BCUT2D eigenvalue weighted by molar-refractivity contribution is 6.30. The summed E-state index contributed by atoms with van der Waals surface area (Å²) in [7, 11) is 2.06. The summed E-state index contributed by atoms with van der Waals surface area (Å²) in [5.41, 5.74) is 3.76. The minimum Gasteiger partial charge on any atom is -0.268 e. The van der Waals surface area contributed by atoms with Crippen LogP contribution in [0.3, 0.4) is 0 Å². The van der Waals surface area contributed by atoms with Crippen LogP contribution in [0.1, 0.15) is 37.4 Å². The van der Waals surface area contributed by atoms with Crippen molar-refractivity contribution in [3.8, 4) is 0 Å². The lowest BCUT2D eigenvalue weighted by molar-refractivity contribution is 0.706. The van der Waals surface area contributed by atoms with E-state index in [2.05, 4.69) is 38.8 Å². The van der Waals surface area contributed by atoms with Crippen LogP contribution < -0.4 is 5.59 Å². The Labute approximate surface area is 82.0 Å². The van der Waals surface area contributed by atoms with Crippen molar-refractivity contribution in [2.75, 3.05) is 0 Å². The summed E-state index contributed by atoms with van der Waals surface area (Å²) >= 11 is 0. The predicted molar refractivity (Wildman–Crippen MR) is 60.4 cm³/mol. The molecule has 0 aliphatic heterocycles. The van der Waals surface area contributed by atoms with Crippen molar-refractivity contribution in [2.45, 2.75) is 39.5 Å². The average molecular weight is 175 g/mol. The van der Waals surface area contributed by atoms with Crippen LogP contribution >= 0.6 is 0 Å². The van der Waals surface area contributed by atoms with E-state index < -0.39 is 0 Å². The maximum absolute atomic E-state index is 4.54. The van der Waals surface area contributed by atoms with Crippen LogP contribution in [0.15, 0.2) is 12.1 Å². The first kappa shape index (κ1) is 10.3. The zero-order chi connectivity index (χ0) is 9.68. The molecule has 1 heterocycles. The van der Waals surface area contributed by atoms with Gasteiger partial charge in [0.2, 0.25) is 0 Å². The number of nitrogens with zero attached hydrogens (tertiary/aromatic N) is 1. The molecule has 0 aromatic carbocycles. The van der Waals surface area contributed by atoms with Crippen molar-refractivity contribution in [1.82, 2.24) is 4.98 Å². The topological polar surface area (TPSA) is 12.9 Å². The van der Waals surface area contributed by atoms with E-state index in [9.17, 15) is 0 Å². The largest absolute Gasteiger partial charge is 0.268 e. The van der Waals surface area contributed by atoms with Gasteiger partial charge in [0.25, 0.3) is 0 Å². The molecule has 1 aromatic rings. The van der Waals surface area contributed by atoms with Crippen LogP contribution in [-0.4, -0.2) is 12.8 Å². The van der Waals surface area contributed by atoms with Crippen molar-refractivity contribution in [3.63, 3.8) is 0 Å². The molecule has 0 saturated heterocycles. The van der Waals surface area contributed by atoms with Gasteiger partial charge in [0.1, 0.15) is 0 Å². The number of hydrogen-bond donors (Lipinski definition) is 0. The fraction of sp³-hybridized carbons (Fsp3) is 0.545. The SMILES string of the molecule is Bc1ccc(C)c(CCCCC)n1. The van der Waals surface area contributed by atoms with E-state index in [0.717, 1.165) is 12.0 Å². The standard InChI is InChI=1S/C11H18BN/c1-3-4-5-6-10-9(2)7-8-11(12)13-10/h7-8H,3-6,12H2,1-2H3. The monoisotopic (exact) mass is 175 g/mol. The van der Waals surface area contributed by atoms with Gasteiger partial charge in [-0.05, 0) is 30.9 Å². The zero-order valence-corrected chi connectivity index (χ0v) is 8.93. The van der Waals surface area contributed by atoms with E-state index in [0.29, 0.717) is 0 Å². The molecule has 0 saturated carbocycles. The first-order valence-corrected chi connectivity index (χ1v) is 5.17. The van der Waals surface area contributed by atoms with E-state index in [1.807, 2.05) is 0 Å². The molecule has 0 N–H and O–H groups in total. The van der Waals surface area contributed by atoms with Crippen molar-refractivity contribution < 1.29 is 0 Å². The first-order chi connectivity index (χ1) is 6.24. The van der Waals surface area contributed by atoms with E-state index in [4.69, 9.17) is 0 Å². The van der Waals surface area contributed by atoms with E-state index in [1.54, 1.807) is 0 Å². The third-order valence-corrected chi connectivity index (χ3v) is 2.36. The molecule has 70 valence electrons. The molecule has 0 aliphatic rings. The zero-order valence-electron chi connectivity index (χ0n) is 8.93. The fourth-order valence-corrected chi connectivity index (χ4v) is 1.48. The van der Waals surface area contributed by atoms with Gasteiger partial charge in [-0.1, -0.05) is 31.9 Å². The van der Waals surface area contributed by atoms with Gasteiger partial charge >= 0.3 is 0 Å². The number of hydrogen-bond acceptors (Lipinski definition) is 1. The lowest BCUT2D eigenvalue weighted by atomic mass is 10.0. The normalized spacial score (nSPS) is 10.3. The van der Waals surface area contributed by atoms with Crippen molar-refractivity contribution in [3.05, 3.63) is 23.4 Å². The van der Waals surface area contributed by atoms with Crippen molar-refractivity contribution in [2.24, 2.45) is 0 Å². The second-order valence-electron chi connectivity index (χ2n) is 3.67. The Morgan fingerprint density at radius 1 is 1.31 bits per heavy atom. The Morgan fingerprint density at radius 3 is 2.77 bits per heavy atom. The fourth-order valence-electron chi connectivity index (χ4n) is 1.48. The van der Waals surface area contributed by atoms with Crippen LogP contribution in [-0.2, 0) is 6.42 Å². The van der Waals surface area contributed by atoms with E-state index >= 15 is 0 Å². The quantitative estimate of drug-likeness (QED) is 0.497. The molecule has 0 aliphatic carbocycles. The molecule has 13 heavy (non-hydrogen) atoms. The van der Waals surface area contributed by atoms with Gasteiger partial charge in [-0.2, -0.15) is 0 Å². The number of aryl methyl sites for hydroxylation is 2. The summed E-state index contributed by atoms with van der Waals surface area (Å²) in [6.45, 7) is 4.38. The predicted octanol–water partition coefficient (Wildman–Crippen LogP) is 1.38. The lowest BCUT2D eigenvalue weighted by Crippen LogP contribution is -2.11. The maximum atomic E-state index is 4.54. The minimum absolute atomic E-state index is 1.14. The van der Waals surface area contributed by atoms with Crippen molar-refractivity contribution in [1.29, 1.82) is 0 Å². The summed E-state index contributed by atoms with van der Waals surface area (Å²) in [6.07, 6.45) is 5.01. The van der Waals surface area contributed by atoms with E-state index in [-0.39, 0.29) is 0 Å². The minimum atomic E-state index is 1.14. The van der Waals surface area contributed by atoms with Gasteiger partial charge in [0.15, 0.2) is 7.85 Å². The van der Waals surface area contributed by atoms with Crippen molar-refractivity contribution >= 4 is 13.4 Å². The summed E-state index contributed by atoms with van der Waals surface area (Å²) in [5.74, 6) is 0. The van der Waals surface area contributed by atoms with Crippen LogP contribution in [0.25, 0.3) is 0 Å². The molecule has 2 heteroatoms. The summed E-state index contributed by atoms with van der Waals surface area (Å²) in [6, 6.07) is 4.25. The Kier molecular flexibility index (Phi) is 4.00. The van der Waals surface area contributed by atoms with Gasteiger partial charge in [-0.15, -0.1) is 0 Å². The second kappa shape index (κ2) is 5.06. The summed E-state index contributed by atoms with van der Waals surface area (Å²) < 4.78 is 0. The molecular formula is C11H18BN. The Balaban J connectivity index is 2.59. The molecule has 0 radical (unpaired) electrons. The number of aromatic nitrogens is 1. The lowest BCUT2D eigenvalue weighted by Gasteiger charge is -2.05. The van der Waals surface area contributed by atoms with Gasteiger partial charge in [-0.3, -0.25) is 4.98 Å². The summed E-state index contributed by atoms with van der Waals surface area (Å²) in [5, 5.41) is 0. The Hall–Kier alpha value is -0.785. The van der Waals surface area contributed by atoms with E-state index in [1.165, 1.54) is 30.5 Å². The Morgan fingerprint density at radius 2 is 2.08 bits per heavy atom. The highest BCUT2D eigenvalue weighted by Gasteiger charge is 1.99. The molecule has 0 atom stereocenters. The number of unbranched alkanes of at least 4 members (excludes halogenated alkanes) is 2. The number of pyridine rings is 1. The highest BCUT2D eigenvalue weighted by atomic mass is 14.7. The highest BCUT2D eigenvalue weighted by Crippen LogP contribution is 2.07. The molecular weight excluding hydrogens is 157 g/mol. The van der Waals surface area contributed by atoms with Crippen LogP contribution in [0, 0.1) is 6.92 Å². The molecule has 0 bridgehead atoms. The smallest absolute Gasteiger partial charge is 0.163 e. The molecule has 0 unspecified atom stereocenters.